The molecule has 3 aromatic rings. The zero-order chi connectivity index (χ0) is 16.2. The highest BCUT2D eigenvalue weighted by molar-refractivity contribution is 7.71. The molecular weight excluding hydrogens is 298 g/mol. The maximum atomic E-state index is 5.40. The van der Waals surface area contributed by atoms with E-state index in [9.17, 15) is 0 Å². The third-order valence-corrected chi connectivity index (χ3v) is 4.55. The zero-order valence-corrected chi connectivity index (χ0v) is 14.7. The first-order valence-electron chi connectivity index (χ1n) is 8.40. The fourth-order valence-corrected chi connectivity index (χ4v) is 3.26. The molecule has 1 aromatic heterocycles. The van der Waals surface area contributed by atoms with E-state index in [4.69, 9.17) is 12.2 Å². The van der Waals surface area contributed by atoms with Crippen LogP contribution in [0, 0.1) is 11.6 Å². The molecule has 0 unspecified atom stereocenters. The van der Waals surface area contributed by atoms with Crippen LogP contribution in [0.3, 0.4) is 0 Å². The topological polar surface area (TPSA) is 15.8 Å². The van der Waals surface area contributed by atoms with Crippen molar-refractivity contribution in [1.82, 2.24) is 4.98 Å². The summed E-state index contributed by atoms with van der Waals surface area (Å²) in [7, 11) is 0. The van der Waals surface area contributed by atoms with Gasteiger partial charge in [0.25, 0.3) is 0 Å². The van der Waals surface area contributed by atoms with Gasteiger partial charge in [-0.05, 0) is 54.7 Å². The maximum Gasteiger partial charge on any atom is 0.104 e. The molecule has 0 fully saturated rings. The summed E-state index contributed by atoms with van der Waals surface area (Å²) in [6.45, 7) is 4.37. The van der Waals surface area contributed by atoms with E-state index in [2.05, 4.69) is 67.4 Å². The van der Waals surface area contributed by atoms with Gasteiger partial charge in [-0.25, -0.2) is 0 Å². The normalized spacial score (nSPS) is 11.0. The summed E-state index contributed by atoms with van der Waals surface area (Å²) in [5, 5.41) is 1.23. The molecule has 1 nitrogen and oxygen atoms in total. The number of hydrogen-bond acceptors (Lipinski definition) is 1. The molecule has 1 heterocycles. The number of aryl methyl sites for hydroxylation is 2. The molecule has 118 valence electrons. The lowest BCUT2D eigenvalue weighted by Crippen LogP contribution is -1.89. The molecule has 0 aliphatic heterocycles. The van der Waals surface area contributed by atoms with Crippen molar-refractivity contribution in [2.75, 3.05) is 0 Å². The molecule has 23 heavy (non-hydrogen) atoms. The molecule has 0 aliphatic rings. The largest absolute Gasteiger partial charge is 0.346 e. The lowest BCUT2D eigenvalue weighted by molar-refractivity contribution is 0.717. The second-order valence-electron chi connectivity index (χ2n) is 6.25. The molecule has 0 saturated carbocycles. The van der Waals surface area contributed by atoms with Gasteiger partial charge in [0.05, 0.1) is 0 Å². The van der Waals surface area contributed by atoms with E-state index >= 15 is 0 Å². The Kier molecular flexibility index (Phi) is 4.92. The van der Waals surface area contributed by atoms with Gasteiger partial charge in [-0.1, -0.05) is 67.9 Å². The lowest BCUT2D eigenvalue weighted by atomic mass is 9.98. The van der Waals surface area contributed by atoms with Crippen LogP contribution in [0.5, 0.6) is 0 Å². The smallest absolute Gasteiger partial charge is 0.104 e. The SMILES string of the molecule is CCCCCc1ccc(-c2cc(=S)[nH]c3ccc(C)cc23)cc1. The first-order valence-corrected chi connectivity index (χ1v) is 8.81. The summed E-state index contributed by atoms with van der Waals surface area (Å²) in [5.41, 5.74) is 6.24. The number of aromatic amines is 1. The minimum absolute atomic E-state index is 0.781. The molecule has 0 spiro atoms. The molecule has 0 saturated heterocycles. The van der Waals surface area contributed by atoms with E-state index in [1.807, 2.05) is 0 Å². The van der Waals surface area contributed by atoms with E-state index in [1.165, 1.54) is 53.3 Å². The maximum absolute atomic E-state index is 5.40. The third-order valence-electron chi connectivity index (χ3n) is 4.33. The van der Waals surface area contributed by atoms with Crippen LogP contribution in [0.25, 0.3) is 22.0 Å². The number of nitrogens with one attached hydrogen (secondary N) is 1. The second-order valence-corrected chi connectivity index (χ2v) is 6.69. The van der Waals surface area contributed by atoms with Gasteiger partial charge in [0, 0.05) is 10.9 Å². The number of aromatic nitrogens is 1. The molecule has 3 rings (SSSR count). The predicted octanol–water partition coefficient (Wildman–Crippen LogP) is 6.61. The number of benzene rings is 2. The van der Waals surface area contributed by atoms with Gasteiger partial charge >= 0.3 is 0 Å². The van der Waals surface area contributed by atoms with E-state index in [-0.39, 0.29) is 0 Å². The fraction of sp³-hybridized carbons (Fsp3) is 0.286. The Morgan fingerprint density at radius 1 is 0.957 bits per heavy atom. The van der Waals surface area contributed by atoms with Crippen molar-refractivity contribution >= 4 is 23.1 Å². The van der Waals surface area contributed by atoms with Gasteiger partial charge in [0.1, 0.15) is 4.64 Å². The molecule has 0 amide bonds. The molecule has 0 bridgehead atoms. The molecule has 1 N–H and O–H groups in total. The van der Waals surface area contributed by atoms with Crippen LogP contribution >= 0.6 is 12.2 Å². The molecule has 0 radical (unpaired) electrons. The van der Waals surface area contributed by atoms with Crippen molar-refractivity contribution in [3.8, 4) is 11.1 Å². The summed E-state index contributed by atoms with van der Waals surface area (Å²) in [5.74, 6) is 0. The van der Waals surface area contributed by atoms with Crippen LogP contribution in [0.4, 0.5) is 0 Å². The molecule has 0 atom stereocenters. The number of H-pyrrole nitrogens is 1. The average Bonchev–Trinajstić information content (AvgIpc) is 2.55. The van der Waals surface area contributed by atoms with Crippen molar-refractivity contribution in [2.24, 2.45) is 0 Å². The second kappa shape index (κ2) is 7.10. The summed E-state index contributed by atoms with van der Waals surface area (Å²) in [6.07, 6.45) is 5.02. The highest BCUT2D eigenvalue weighted by atomic mass is 32.1. The highest BCUT2D eigenvalue weighted by Crippen LogP contribution is 2.29. The van der Waals surface area contributed by atoms with Gasteiger partial charge < -0.3 is 4.98 Å². The van der Waals surface area contributed by atoms with Crippen LogP contribution in [0.1, 0.15) is 37.3 Å². The van der Waals surface area contributed by atoms with Gasteiger partial charge in [-0.15, -0.1) is 0 Å². The van der Waals surface area contributed by atoms with Crippen LogP contribution in [-0.2, 0) is 6.42 Å². The standard InChI is InChI=1S/C21H23NS/c1-3-4-5-6-16-8-10-17(11-9-16)18-14-21(23)22-20-12-7-15(2)13-19(18)20/h7-14H,3-6H2,1-2H3,(H,22,23). The Balaban J connectivity index is 1.99. The predicted molar refractivity (Wildman–Crippen MR) is 103 cm³/mol. The van der Waals surface area contributed by atoms with Crippen molar-refractivity contribution in [2.45, 2.75) is 39.5 Å². The summed E-state index contributed by atoms with van der Waals surface area (Å²) in [4.78, 5) is 3.29. The minimum atomic E-state index is 0.781. The Morgan fingerprint density at radius 2 is 1.74 bits per heavy atom. The number of hydrogen-bond donors (Lipinski definition) is 1. The van der Waals surface area contributed by atoms with E-state index in [0.717, 1.165) is 10.2 Å². The number of rotatable bonds is 5. The van der Waals surface area contributed by atoms with Crippen molar-refractivity contribution in [1.29, 1.82) is 0 Å². The molecule has 2 heteroatoms. The Bertz CT molecular complexity index is 859. The number of pyridine rings is 1. The zero-order valence-electron chi connectivity index (χ0n) is 13.9. The van der Waals surface area contributed by atoms with E-state index < -0.39 is 0 Å². The first kappa shape index (κ1) is 15.9. The molecular formula is C21H23NS. The quantitative estimate of drug-likeness (QED) is 0.413. The van der Waals surface area contributed by atoms with Gasteiger partial charge in [0.2, 0.25) is 0 Å². The summed E-state index contributed by atoms with van der Waals surface area (Å²) < 4.78 is 0.781. The average molecular weight is 321 g/mol. The van der Waals surface area contributed by atoms with Crippen molar-refractivity contribution < 1.29 is 0 Å². The number of unbranched alkanes of at least 4 members (excludes halogenated alkanes) is 2. The van der Waals surface area contributed by atoms with Crippen LogP contribution < -0.4 is 0 Å². The lowest BCUT2D eigenvalue weighted by Gasteiger charge is -2.09. The van der Waals surface area contributed by atoms with E-state index in [0.29, 0.717) is 0 Å². The fourth-order valence-electron chi connectivity index (χ4n) is 3.04. The Labute approximate surface area is 143 Å². The monoisotopic (exact) mass is 321 g/mol. The summed E-state index contributed by atoms with van der Waals surface area (Å²) in [6, 6.07) is 17.5. The van der Waals surface area contributed by atoms with E-state index in [1.54, 1.807) is 0 Å². The summed E-state index contributed by atoms with van der Waals surface area (Å²) >= 11 is 5.40. The van der Waals surface area contributed by atoms with Gasteiger partial charge in [-0.2, -0.15) is 0 Å². The minimum Gasteiger partial charge on any atom is -0.346 e. The van der Waals surface area contributed by atoms with Gasteiger partial charge in [-0.3, -0.25) is 0 Å². The Hall–Kier alpha value is -1.93. The third kappa shape index (κ3) is 3.70. The Morgan fingerprint density at radius 3 is 2.48 bits per heavy atom. The van der Waals surface area contributed by atoms with Crippen LogP contribution in [0.2, 0.25) is 0 Å². The van der Waals surface area contributed by atoms with Crippen LogP contribution in [0.15, 0.2) is 48.5 Å². The number of fused-ring (bicyclic) bond motifs is 1. The van der Waals surface area contributed by atoms with Crippen LogP contribution in [-0.4, -0.2) is 4.98 Å². The first-order chi connectivity index (χ1) is 11.2. The molecule has 2 aromatic carbocycles. The molecule has 0 aliphatic carbocycles. The van der Waals surface area contributed by atoms with Crippen molar-refractivity contribution in [3.63, 3.8) is 0 Å². The van der Waals surface area contributed by atoms with Crippen molar-refractivity contribution in [3.05, 3.63) is 64.3 Å². The van der Waals surface area contributed by atoms with Gasteiger partial charge in [0.15, 0.2) is 0 Å². The highest BCUT2D eigenvalue weighted by Gasteiger charge is 2.05.